The molecule has 1 fully saturated rings. The van der Waals surface area contributed by atoms with Gasteiger partial charge in [0, 0.05) is 13.7 Å². The van der Waals surface area contributed by atoms with E-state index in [0.29, 0.717) is 25.0 Å². The van der Waals surface area contributed by atoms with Crippen LogP contribution in [0.3, 0.4) is 0 Å². The van der Waals surface area contributed by atoms with Gasteiger partial charge in [-0.2, -0.15) is 8.78 Å². The summed E-state index contributed by atoms with van der Waals surface area (Å²) in [6, 6.07) is 6.33. The molecule has 136 valence electrons. The topological polar surface area (TPSA) is 59.6 Å². The van der Waals surface area contributed by atoms with Gasteiger partial charge in [-0.1, -0.05) is 12.1 Å². The van der Waals surface area contributed by atoms with Crippen LogP contribution in [0.25, 0.3) is 0 Å². The Hall–Kier alpha value is -1.44. The molecular weight excluding hydrogens is 342 g/mol. The van der Waals surface area contributed by atoms with E-state index < -0.39 is 12.0 Å². The van der Waals surface area contributed by atoms with E-state index in [-0.39, 0.29) is 30.6 Å². The van der Waals surface area contributed by atoms with Crippen LogP contribution in [0.5, 0.6) is 5.75 Å². The van der Waals surface area contributed by atoms with Crippen LogP contribution in [0.1, 0.15) is 18.4 Å². The Labute approximate surface area is 146 Å². The molecule has 1 amide bonds. The second-order valence-corrected chi connectivity index (χ2v) is 5.67. The number of benzene rings is 1. The summed E-state index contributed by atoms with van der Waals surface area (Å²) in [6.07, 6.45) is 1.42. The van der Waals surface area contributed by atoms with E-state index in [9.17, 15) is 13.6 Å². The third-order valence-electron chi connectivity index (χ3n) is 4.04. The number of rotatable bonds is 7. The van der Waals surface area contributed by atoms with E-state index in [1.807, 2.05) is 0 Å². The molecule has 1 aromatic carbocycles. The van der Waals surface area contributed by atoms with Gasteiger partial charge in [-0.25, -0.2) is 0 Å². The van der Waals surface area contributed by atoms with Gasteiger partial charge in [0.05, 0.1) is 12.0 Å². The predicted octanol–water partition coefficient (Wildman–Crippen LogP) is 2.34. The van der Waals surface area contributed by atoms with E-state index in [4.69, 9.17) is 4.74 Å². The average molecular weight is 365 g/mol. The molecule has 0 aliphatic carbocycles. The molecule has 2 rings (SSSR count). The van der Waals surface area contributed by atoms with Gasteiger partial charge in [-0.05, 0) is 43.6 Å². The number of piperidine rings is 1. The first kappa shape index (κ1) is 20.6. The summed E-state index contributed by atoms with van der Waals surface area (Å²) in [5.74, 6) is 0.0150. The van der Waals surface area contributed by atoms with E-state index in [1.165, 1.54) is 12.1 Å². The van der Waals surface area contributed by atoms with Crippen molar-refractivity contribution in [2.24, 2.45) is 5.41 Å². The minimum atomic E-state index is -2.86. The summed E-state index contributed by atoms with van der Waals surface area (Å²) >= 11 is 0. The third-order valence-corrected chi connectivity index (χ3v) is 4.04. The highest BCUT2D eigenvalue weighted by molar-refractivity contribution is 5.85. The van der Waals surface area contributed by atoms with E-state index in [2.05, 4.69) is 15.4 Å². The molecule has 0 aromatic heterocycles. The maximum absolute atomic E-state index is 12.6. The van der Waals surface area contributed by atoms with Gasteiger partial charge in [-0.15, -0.1) is 12.4 Å². The minimum absolute atomic E-state index is 0. The lowest BCUT2D eigenvalue weighted by Gasteiger charge is -2.35. The number of hydrogen-bond donors (Lipinski definition) is 2. The zero-order valence-electron chi connectivity index (χ0n) is 13.5. The molecule has 0 spiro atoms. The zero-order valence-corrected chi connectivity index (χ0v) is 14.3. The number of amides is 1. The Morgan fingerprint density at radius 3 is 2.71 bits per heavy atom. The third kappa shape index (κ3) is 5.58. The van der Waals surface area contributed by atoms with Crippen molar-refractivity contribution < 1.29 is 23.0 Å². The molecule has 24 heavy (non-hydrogen) atoms. The van der Waals surface area contributed by atoms with Crippen LogP contribution in [-0.4, -0.2) is 39.3 Å². The summed E-state index contributed by atoms with van der Waals surface area (Å²) in [4.78, 5) is 12.6. The quantitative estimate of drug-likeness (QED) is 0.779. The van der Waals surface area contributed by atoms with Crippen LogP contribution >= 0.6 is 12.4 Å². The van der Waals surface area contributed by atoms with Gasteiger partial charge < -0.3 is 20.1 Å². The molecule has 1 aliphatic rings. The van der Waals surface area contributed by atoms with Crippen molar-refractivity contribution in [3.8, 4) is 5.75 Å². The predicted molar refractivity (Wildman–Crippen MR) is 88.6 cm³/mol. The number of hydrogen-bond acceptors (Lipinski definition) is 4. The van der Waals surface area contributed by atoms with Crippen LogP contribution < -0.4 is 15.4 Å². The lowest BCUT2D eigenvalue weighted by atomic mass is 9.78. The Kier molecular flexibility index (Phi) is 8.38. The standard InChI is InChI=1S/C16H22F2N2O3.ClH/c1-22-11-16(5-7-19-8-6-16)14(21)20-10-12-3-2-4-13(9-12)23-15(17)18;/h2-4,9,15,19H,5-8,10-11H2,1H3,(H,20,21);1H. The molecule has 2 N–H and O–H groups in total. The maximum Gasteiger partial charge on any atom is 0.387 e. The molecule has 0 radical (unpaired) electrons. The summed E-state index contributed by atoms with van der Waals surface area (Å²) in [5.41, 5.74) is 0.176. The SMILES string of the molecule is COCC1(C(=O)NCc2cccc(OC(F)F)c2)CCNCC1.Cl. The average Bonchev–Trinajstić information content (AvgIpc) is 2.53. The second-order valence-electron chi connectivity index (χ2n) is 5.67. The molecule has 8 heteroatoms. The van der Waals surface area contributed by atoms with Gasteiger partial charge in [0.25, 0.3) is 0 Å². The lowest BCUT2D eigenvalue weighted by Crippen LogP contribution is -2.49. The zero-order chi connectivity index (χ0) is 16.7. The normalized spacial score (nSPS) is 16.3. The van der Waals surface area contributed by atoms with Gasteiger partial charge in [-0.3, -0.25) is 4.79 Å². The van der Waals surface area contributed by atoms with Crippen LogP contribution in [-0.2, 0) is 16.1 Å². The fourth-order valence-electron chi connectivity index (χ4n) is 2.82. The van der Waals surface area contributed by atoms with Gasteiger partial charge in [0.1, 0.15) is 5.75 Å². The molecule has 1 aliphatic heterocycles. The molecule has 5 nitrogen and oxygen atoms in total. The van der Waals surface area contributed by atoms with Crippen LogP contribution in [0.4, 0.5) is 8.78 Å². The van der Waals surface area contributed by atoms with Gasteiger partial charge >= 0.3 is 6.61 Å². The Bertz CT molecular complexity index is 520. The fraction of sp³-hybridized carbons (Fsp3) is 0.562. The number of nitrogens with one attached hydrogen (secondary N) is 2. The van der Waals surface area contributed by atoms with Crippen molar-refractivity contribution in [3.05, 3.63) is 29.8 Å². The number of halogens is 3. The summed E-state index contributed by atoms with van der Waals surface area (Å²) < 4.78 is 34.1. The van der Waals surface area contributed by atoms with E-state index in [1.54, 1.807) is 19.2 Å². The molecule has 0 atom stereocenters. The van der Waals surface area contributed by atoms with Crippen molar-refractivity contribution in [1.29, 1.82) is 0 Å². The lowest BCUT2D eigenvalue weighted by molar-refractivity contribution is -0.136. The first-order valence-corrected chi connectivity index (χ1v) is 7.57. The first-order chi connectivity index (χ1) is 11.1. The maximum atomic E-state index is 12.6. The van der Waals surface area contributed by atoms with Crippen molar-refractivity contribution in [3.63, 3.8) is 0 Å². The van der Waals surface area contributed by atoms with Crippen molar-refractivity contribution in [1.82, 2.24) is 10.6 Å². The number of carbonyl (C=O) groups excluding carboxylic acids is 1. The van der Waals surface area contributed by atoms with Crippen molar-refractivity contribution in [2.75, 3.05) is 26.8 Å². The highest BCUT2D eigenvalue weighted by Crippen LogP contribution is 2.29. The highest BCUT2D eigenvalue weighted by Gasteiger charge is 2.39. The van der Waals surface area contributed by atoms with Crippen molar-refractivity contribution in [2.45, 2.75) is 26.0 Å². The highest BCUT2D eigenvalue weighted by atomic mass is 35.5. The van der Waals surface area contributed by atoms with Crippen LogP contribution in [0.15, 0.2) is 24.3 Å². The van der Waals surface area contributed by atoms with Gasteiger partial charge in [0.2, 0.25) is 5.91 Å². The molecule has 1 aromatic rings. The molecule has 0 bridgehead atoms. The fourth-order valence-corrected chi connectivity index (χ4v) is 2.82. The summed E-state index contributed by atoms with van der Waals surface area (Å²) in [7, 11) is 1.59. The molecular formula is C16H23ClF2N2O3. The molecule has 1 saturated heterocycles. The van der Waals surface area contributed by atoms with E-state index in [0.717, 1.165) is 13.1 Å². The Morgan fingerprint density at radius 1 is 1.38 bits per heavy atom. The largest absolute Gasteiger partial charge is 0.435 e. The number of alkyl halides is 2. The van der Waals surface area contributed by atoms with E-state index >= 15 is 0 Å². The van der Waals surface area contributed by atoms with Crippen molar-refractivity contribution >= 4 is 18.3 Å². The molecule has 0 saturated carbocycles. The van der Waals surface area contributed by atoms with Crippen LogP contribution in [0, 0.1) is 5.41 Å². The summed E-state index contributed by atoms with van der Waals surface area (Å²) in [6.45, 7) is -0.685. The number of methoxy groups -OCH3 is 1. The smallest absolute Gasteiger partial charge is 0.387 e. The number of ether oxygens (including phenoxy) is 2. The van der Waals surface area contributed by atoms with Crippen LogP contribution in [0.2, 0.25) is 0 Å². The second kappa shape index (κ2) is 9.76. The Balaban J connectivity index is 0.00000288. The van der Waals surface area contributed by atoms with Gasteiger partial charge in [0.15, 0.2) is 0 Å². The first-order valence-electron chi connectivity index (χ1n) is 7.57. The Morgan fingerprint density at radius 2 is 2.08 bits per heavy atom. The minimum Gasteiger partial charge on any atom is -0.435 e. The number of carbonyl (C=O) groups is 1. The molecule has 1 heterocycles. The summed E-state index contributed by atoms with van der Waals surface area (Å²) in [5, 5.41) is 6.11. The molecule has 0 unspecified atom stereocenters. The monoisotopic (exact) mass is 364 g/mol.